The molecule has 2 rings (SSSR count). The van der Waals surface area contributed by atoms with E-state index in [9.17, 15) is 22.8 Å². The largest absolute Gasteiger partial charge is 0.490 e. The van der Waals surface area contributed by atoms with Crippen LogP contribution in [-0.4, -0.2) is 34.2 Å². The molecule has 1 amide bonds. The monoisotopic (exact) mass is 394 g/mol. The van der Waals surface area contributed by atoms with Crippen molar-refractivity contribution in [1.29, 1.82) is 0 Å². The molecule has 0 aliphatic heterocycles. The average Bonchev–Trinajstić information content (AvgIpc) is 2.60. The number of carboxylic acids is 2. The van der Waals surface area contributed by atoms with E-state index in [1.54, 1.807) is 36.4 Å². The van der Waals surface area contributed by atoms with Crippen LogP contribution in [0.25, 0.3) is 0 Å². The van der Waals surface area contributed by atoms with Crippen molar-refractivity contribution in [2.24, 2.45) is 5.73 Å². The van der Waals surface area contributed by atoms with Gasteiger partial charge in [-0.15, -0.1) is 0 Å². The highest BCUT2D eigenvalue weighted by Crippen LogP contribution is 2.17. The molecule has 28 heavy (non-hydrogen) atoms. The number of carbonyl (C=O) groups is 3. The van der Waals surface area contributed by atoms with E-state index in [0.717, 1.165) is 0 Å². The summed E-state index contributed by atoms with van der Waals surface area (Å²) >= 11 is 0. The number of amides is 1. The number of aliphatic carboxylic acids is 1. The number of para-hydroxylation sites is 1. The molecule has 0 aliphatic carbocycles. The molecule has 0 fully saturated rings. The number of hydrogen-bond donors (Lipinski definition) is 4. The lowest BCUT2D eigenvalue weighted by Crippen LogP contribution is -2.21. The number of carboxylic acid groups (broad SMARTS) is 2. The van der Waals surface area contributed by atoms with E-state index < -0.39 is 24.0 Å². The minimum absolute atomic E-state index is 0.00712. The lowest BCUT2D eigenvalue weighted by Gasteiger charge is -2.02. The number of benzene rings is 2. The zero-order valence-electron chi connectivity index (χ0n) is 13.9. The van der Waals surface area contributed by atoms with Crippen molar-refractivity contribution >= 4 is 23.5 Å². The molecule has 0 aromatic heterocycles. The second-order valence-electron chi connectivity index (χ2n) is 5.07. The SMILES string of the molecule is NC(=O)c1cccc(C#Cc2cccc(C(=O)O)c2N)c1.O=C(O)C(F)(F)F. The molecule has 6 N–H and O–H groups in total. The number of alkyl halides is 3. The molecule has 0 bridgehead atoms. The third-order valence-electron chi connectivity index (χ3n) is 3.07. The molecule has 0 atom stereocenters. The Morgan fingerprint density at radius 3 is 2.04 bits per heavy atom. The molecule has 0 heterocycles. The normalized spacial score (nSPS) is 9.96. The first-order chi connectivity index (χ1) is 12.9. The first-order valence-electron chi connectivity index (χ1n) is 7.27. The van der Waals surface area contributed by atoms with E-state index in [1.165, 1.54) is 6.07 Å². The minimum Gasteiger partial charge on any atom is -0.478 e. The molecular formula is C18H13F3N2O5. The molecule has 0 unspecified atom stereocenters. The summed E-state index contributed by atoms with van der Waals surface area (Å²) in [5, 5.41) is 16.1. The van der Waals surface area contributed by atoms with Crippen LogP contribution in [0.3, 0.4) is 0 Å². The summed E-state index contributed by atoms with van der Waals surface area (Å²) in [6.07, 6.45) is -5.08. The summed E-state index contributed by atoms with van der Waals surface area (Å²) in [6, 6.07) is 11.2. The lowest BCUT2D eigenvalue weighted by molar-refractivity contribution is -0.192. The van der Waals surface area contributed by atoms with E-state index in [1.807, 2.05) is 0 Å². The summed E-state index contributed by atoms with van der Waals surface area (Å²) < 4.78 is 31.7. The van der Waals surface area contributed by atoms with Crippen LogP contribution in [0.4, 0.5) is 18.9 Å². The Morgan fingerprint density at radius 2 is 1.54 bits per heavy atom. The standard InChI is InChI=1S/C16H12N2O3.C2HF3O2/c17-14-11(4-2-6-13(14)16(20)21)8-7-10-3-1-5-12(9-10)15(18)19;3-2(4,5)1(6)7/h1-6,9H,17H2,(H2,18,19)(H,20,21);(H,6,7). The van der Waals surface area contributed by atoms with E-state index in [0.29, 0.717) is 16.7 Å². The Labute approximate surface area is 156 Å². The van der Waals surface area contributed by atoms with Gasteiger partial charge < -0.3 is 21.7 Å². The molecule has 0 spiro atoms. The number of primary amides is 1. The van der Waals surface area contributed by atoms with Crippen LogP contribution in [0, 0.1) is 11.8 Å². The van der Waals surface area contributed by atoms with Crippen LogP contribution in [0.5, 0.6) is 0 Å². The molecule has 7 nitrogen and oxygen atoms in total. The molecule has 0 saturated carbocycles. The topological polar surface area (TPSA) is 144 Å². The Morgan fingerprint density at radius 1 is 0.964 bits per heavy atom. The highest BCUT2D eigenvalue weighted by molar-refractivity contribution is 5.95. The van der Waals surface area contributed by atoms with Crippen LogP contribution < -0.4 is 11.5 Å². The molecule has 0 saturated heterocycles. The number of anilines is 1. The highest BCUT2D eigenvalue weighted by atomic mass is 19.4. The zero-order chi connectivity index (χ0) is 21.5. The second kappa shape index (κ2) is 9.09. The smallest absolute Gasteiger partial charge is 0.478 e. The Balaban J connectivity index is 0.000000480. The van der Waals surface area contributed by atoms with Crippen LogP contribution in [-0.2, 0) is 4.79 Å². The van der Waals surface area contributed by atoms with Gasteiger partial charge in [0.2, 0.25) is 5.91 Å². The van der Waals surface area contributed by atoms with Gasteiger partial charge in [-0.25, -0.2) is 9.59 Å². The highest BCUT2D eigenvalue weighted by Gasteiger charge is 2.38. The number of hydrogen-bond acceptors (Lipinski definition) is 4. The number of aromatic carboxylic acids is 1. The number of halogens is 3. The third-order valence-corrected chi connectivity index (χ3v) is 3.07. The van der Waals surface area contributed by atoms with Crippen molar-refractivity contribution in [3.63, 3.8) is 0 Å². The van der Waals surface area contributed by atoms with Crippen molar-refractivity contribution in [1.82, 2.24) is 0 Å². The molecule has 2 aromatic carbocycles. The molecule has 146 valence electrons. The second-order valence-corrected chi connectivity index (χ2v) is 5.07. The van der Waals surface area contributed by atoms with Gasteiger partial charge in [-0.1, -0.05) is 24.0 Å². The third kappa shape index (κ3) is 6.38. The fraction of sp³-hybridized carbons (Fsp3) is 0.0556. The number of carbonyl (C=O) groups excluding carboxylic acids is 1. The van der Waals surface area contributed by atoms with Gasteiger partial charge in [-0.3, -0.25) is 4.79 Å². The molecule has 0 aliphatic rings. The fourth-order valence-electron chi connectivity index (χ4n) is 1.75. The Bertz CT molecular complexity index is 975. The predicted molar refractivity (Wildman–Crippen MR) is 92.4 cm³/mol. The summed E-state index contributed by atoms with van der Waals surface area (Å²) in [5.41, 5.74) is 12.4. The van der Waals surface area contributed by atoms with Crippen molar-refractivity contribution in [2.45, 2.75) is 6.18 Å². The van der Waals surface area contributed by atoms with E-state index in [4.69, 9.17) is 26.5 Å². The van der Waals surface area contributed by atoms with E-state index in [-0.39, 0.29) is 11.3 Å². The lowest BCUT2D eigenvalue weighted by atomic mass is 10.1. The minimum atomic E-state index is -5.08. The van der Waals surface area contributed by atoms with Crippen molar-refractivity contribution in [3.8, 4) is 11.8 Å². The summed E-state index contributed by atoms with van der Waals surface area (Å²) in [5.74, 6) is 1.23. The predicted octanol–water partition coefficient (Wildman–Crippen LogP) is 2.10. The van der Waals surface area contributed by atoms with Crippen LogP contribution in [0.15, 0.2) is 42.5 Å². The van der Waals surface area contributed by atoms with Crippen molar-refractivity contribution in [3.05, 3.63) is 64.7 Å². The maximum atomic E-state index is 11.1. The van der Waals surface area contributed by atoms with Gasteiger partial charge in [0.15, 0.2) is 0 Å². The molecular weight excluding hydrogens is 381 g/mol. The maximum absolute atomic E-state index is 11.1. The summed E-state index contributed by atoms with van der Waals surface area (Å²) in [4.78, 5) is 31.0. The van der Waals surface area contributed by atoms with Gasteiger partial charge >= 0.3 is 18.1 Å². The van der Waals surface area contributed by atoms with Gasteiger partial charge in [-0.05, 0) is 30.3 Å². The molecule has 2 aromatic rings. The number of nitrogen functional groups attached to an aromatic ring is 1. The Kier molecular flexibility index (Phi) is 7.15. The average molecular weight is 394 g/mol. The first kappa shape index (κ1) is 22.0. The van der Waals surface area contributed by atoms with Crippen molar-refractivity contribution in [2.75, 3.05) is 5.73 Å². The van der Waals surface area contributed by atoms with Gasteiger partial charge in [0, 0.05) is 16.7 Å². The summed E-state index contributed by atoms with van der Waals surface area (Å²) in [7, 11) is 0. The van der Waals surface area contributed by atoms with E-state index in [2.05, 4.69) is 11.8 Å². The Hall–Kier alpha value is -4.00. The quantitative estimate of drug-likeness (QED) is 0.454. The van der Waals surface area contributed by atoms with Crippen LogP contribution >= 0.6 is 0 Å². The number of rotatable bonds is 2. The number of nitrogens with two attached hydrogens (primary N) is 2. The van der Waals surface area contributed by atoms with Crippen molar-refractivity contribution < 1.29 is 37.8 Å². The maximum Gasteiger partial charge on any atom is 0.490 e. The fourth-order valence-corrected chi connectivity index (χ4v) is 1.75. The van der Waals surface area contributed by atoms with Crippen LogP contribution in [0.1, 0.15) is 31.8 Å². The van der Waals surface area contributed by atoms with Gasteiger partial charge in [0.05, 0.1) is 11.3 Å². The van der Waals surface area contributed by atoms with Gasteiger partial charge in [-0.2, -0.15) is 13.2 Å². The summed E-state index contributed by atoms with van der Waals surface area (Å²) in [6.45, 7) is 0. The molecule has 10 heteroatoms. The van der Waals surface area contributed by atoms with Gasteiger partial charge in [0.25, 0.3) is 0 Å². The van der Waals surface area contributed by atoms with E-state index >= 15 is 0 Å². The first-order valence-corrected chi connectivity index (χ1v) is 7.27. The van der Waals surface area contributed by atoms with Crippen LogP contribution in [0.2, 0.25) is 0 Å². The zero-order valence-corrected chi connectivity index (χ0v) is 13.9. The molecule has 0 radical (unpaired) electrons. The van der Waals surface area contributed by atoms with Gasteiger partial charge in [0.1, 0.15) is 0 Å².